The number of benzene rings is 2. The van der Waals surface area contributed by atoms with Gasteiger partial charge in [-0.25, -0.2) is 0 Å². The predicted octanol–water partition coefficient (Wildman–Crippen LogP) is 3.25. The average Bonchev–Trinajstić information content (AvgIpc) is 2.54. The van der Waals surface area contributed by atoms with E-state index in [-0.39, 0.29) is 12.4 Å². The van der Waals surface area contributed by atoms with Crippen LogP contribution in [0.25, 0.3) is 5.57 Å². The fraction of sp³-hybridized carbons (Fsp3) is 0.211. The molecule has 112 valence electrons. The van der Waals surface area contributed by atoms with E-state index in [9.17, 15) is 4.79 Å². The molecule has 1 N–H and O–H groups in total. The van der Waals surface area contributed by atoms with Crippen LogP contribution < -0.4 is 4.74 Å². The van der Waals surface area contributed by atoms with Gasteiger partial charge in [-0.15, -0.1) is 0 Å². The summed E-state index contributed by atoms with van der Waals surface area (Å²) in [6, 6.07) is 13.6. The predicted molar refractivity (Wildman–Crippen MR) is 86.3 cm³/mol. The van der Waals surface area contributed by atoms with Crippen molar-refractivity contribution in [2.45, 2.75) is 13.3 Å². The third-order valence-electron chi connectivity index (χ3n) is 3.86. The lowest BCUT2D eigenvalue weighted by Gasteiger charge is -2.20. The minimum Gasteiger partial charge on any atom is -0.489 e. The number of hydrogen-bond donors (Lipinski definition) is 1. The van der Waals surface area contributed by atoms with Crippen molar-refractivity contribution in [2.75, 3.05) is 13.2 Å². The van der Waals surface area contributed by atoms with Crippen LogP contribution in [0.4, 0.5) is 0 Å². The molecule has 0 saturated heterocycles. The molecule has 2 aromatic carbocycles. The van der Waals surface area contributed by atoms with Crippen molar-refractivity contribution in [2.24, 2.45) is 0 Å². The highest BCUT2D eigenvalue weighted by atomic mass is 16.5. The normalized spacial score (nSPS) is 13.1. The second-order valence-corrected chi connectivity index (χ2v) is 5.37. The fourth-order valence-electron chi connectivity index (χ4n) is 2.68. The highest BCUT2D eigenvalue weighted by Gasteiger charge is 2.16. The van der Waals surface area contributed by atoms with Crippen molar-refractivity contribution < 1.29 is 14.6 Å². The van der Waals surface area contributed by atoms with Gasteiger partial charge in [0.15, 0.2) is 5.78 Å². The number of carbonyl (C=O) groups is 1. The molecule has 3 rings (SSSR count). The number of aliphatic hydroxyl groups is 1. The summed E-state index contributed by atoms with van der Waals surface area (Å²) in [6.45, 7) is 2.24. The van der Waals surface area contributed by atoms with Gasteiger partial charge in [-0.1, -0.05) is 30.3 Å². The number of hydrogen-bond acceptors (Lipinski definition) is 3. The molecule has 3 heteroatoms. The summed E-state index contributed by atoms with van der Waals surface area (Å²) in [5, 5.41) is 9.11. The summed E-state index contributed by atoms with van der Waals surface area (Å²) in [5.41, 5.74) is 5.00. The van der Waals surface area contributed by atoms with E-state index in [1.807, 2.05) is 42.5 Å². The van der Waals surface area contributed by atoms with Gasteiger partial charge in [0.1, 0.15) is 12.4 Å². The summed E-state index contributed by atoms with van der Waals surface area (Å²) >= 11 is 0. The van der Waals surface area contributed by atoms with E-state index >= 15 is 0 Å². The van der Waals surface area contributed by atoms with Crippen LogP contribution in [0, 0.1) is 0 Å². The Balaban J connectivity index is 2.00. The van der Waals surface area contributed by atoms with Crippen LogP contribution in [0.15, 0.2) is 48.5 Å². The maximum atomic E-state index is 11.4. The maximum Gasteiger partial charge on any atom is 0.159 e. The lowest BCUT2D eigenvalue weighted by Crippen LogP contribution is -2.06. The second kappa shape index (κ2) is 6.16. The smallest absolute Gasteiger partial charge is 0.159 e. The summed E-state index contributed by atoms with van der Waals surface area (Å²) in [4.78, 5) is 11.4. The molecule has 0 amide bonds. The zero-order valence-corrected chi connectivity index (χ0v) is 12.5. The Bertz CT molecular complexity index is 727. The molecular weight excluding hydrogens is 276 g/mol. The standard InChI is InChI=1S/C19H18O3/c1-13(21)15-3-5-16(6-4-15)17-9-11-22-19-7-2-14(8-10-20)12-18(17)19/h2-7,9,12,20H,8,10-11H2,1H3. The number of ketones is 1. The molecule has 0 atom stereocenters. The number of fused-ring (bicyclic) bond motifs is 1. The van der Waals surface area contributed by atoms with Gasteiger partial charge in [-0.05, 0) is 48.3 Å². The van der Waals surface area contributed by atoms with Crippen LogP contribution in [-0.4, -0.2) is 24.1 Å². The highest BCUT2D eigenvalue weighted by molar-refractivity contribution is 5.94. The summed E-state index contributed by atoms with van der Waals surface area (Å²) in [6.07, 6.45) is 2.68. The second-order valence-electron chi connectivity index (χ2n) is 5.37. The first-order chi connectivity index (χ1) is 10.7. The molecule has 0 aliphatic carbocycles. The van der Waals surface area contributed by atoms with Crippen molar-refractivity contribution in [3.05, 3.63) is 70.8 Å². The Kier molecular flexibility index (Phi) is 4.07. The molecule has 1 aliphatic heterocycles. The largest absolute Gasteiger partial charge is 0.489 e. The lowest BCUT2D eigenvalue weighted by molar-refractivity contribution is 0.101. The highest BCUT2D eigenvalue weighted by Crippen LogP contribution is 2.35. The molecule has 0 spiro atoms. The Hall–Kier alpha value is -2.39. The minimum absolute atomic E-state index is 0.0677. The number of rotatable bonds is 4. The molecule has 0 aromatic heterocycles. The topological polar surface area (TPSA) is 46.5 Å². The van der Waals surface area contributed by atoms with E-state index in [1.165, 1.54) is 0 Å². The summed E-state index contributed by atoms with van der Waals surface area (Å²) in [5.74, 6) is 0.924. The molecular formula is C19H18O3. The van der Waals surface area contributed by atoms with Crippen molar-refractivity contribution in [1.82, 2.24) is 0 Å². The van der Waals surface area contributed by atoms with Crippen molar-refractivity contribution >= 4 is 11.4 Å². The van der Waals surface area contributed by atoms with Gasteiger partial charge in [0, 0.05) is 17.7 Å². The van der Waals surface area contributed by atoms with Gasteiger partial charge in [-0.3, -0.25) is 4.79 Å². The first-order valence-electron chi connectivity index (χ1n) is 7.37. The fourth-order valence-corrected chi connectivity index (χ4v) is 2.68. The Morgan fingerprint density at radius 1 is 1.18 bits per heavy atom. The van der Waals surface area contributed by atoms with Crippen LogP contribution in [0.1, 0.15) is 34.0 Å². The van der Waals surface area contributed by atoms with Crippen molar-refractivity contribution in [3.63, 3.8) is 0 Å². The molecule has 0 fully saturated rings. The van der Waals surface area contributed by atoms with Crippen LogP contribution in [-0.2, 0) is 6.42 Å². The number of Topliss-reactive ketones (excluding diaryl/α,β-unsaturated/α-hetero) is 1. The first-order valence-corrected chi connectivity index (χ1v) is 7.37. The molecule has 0 radical (unpaired) electrons. The van der Waals surface area contributed by atoms with Gasteiger partial charge in [0.25, 0.3) is 0 Å². The van der Waals surface area contributed by atoms with Gasteiger partial charge in [0.05, 0.1) is 0 Å². The molecule has 22 heavy (non-hydrogen) atoms. The lowest BCUT2D eigenvalue weighted by atomic mass is 9.93. The van der Waals surface area contributed by atoms with E-state index in [2.05, 4.69) is 6.07 Å². The van der Waals surface area contributed by atoms with Gasteiger partial charge < -0.3 is 9.84 Å². The third-order valence-corrected chi connectivity index (χ3v) is 3.86. The van der Waals surface area contributed by atoms with Crippen LogP contribution in [0.2, 0.25) is 0 Å². The summed E-state index contributed by atoms with van der Waals surface area (Å²) in [7, 11) is 0. The van der Waals surface area contributed by atoms with Gasteiger partial charge in [-0.2, -0.15) is 0 Å². The maximum absolute atomic E-state index is 11.4. The number of carbonyl (C=O) groups excluding carboxylic acids is 1. The number of aliphatic hydroxyl groups excluding tert-OH is 1. The summed E-state index contributed by atoms with van der Waals surface area (Å²) < 4.78 is 5.68. The first kappa shape index (κ1) is 14.5. The third kappa shape index (κ3) is 2.81. The molecule has 0 unspecified atom stereocenters. The van der Waals surface area contributed by atoms with Crippen LogP contribution >= 0.6 is 0 Å². The Morgan fingerprint density at radius 2 is 1.95 bits per heavy atom. The van der Waals surface area contributed by atoms with Crippen LogP contribution in [0.3, 0.4) is 0 Å². The average molecular weight is 294 g/mol. The Labute approximate surface area is 129 Å². The quantitative estimate of drug-likeness (QED) is 0.881. The monoisotopic (exact) mass is 294 g/mol. The molecule has 0 saturated carbocycles. The number of ether oxygens (including phenoxy) is 1. The van der Waals surface area contributed by atoms with E-state index in [4.69, 9.17) is 9.84 Å². The zero-order chi connectivity index (χ0) is 15.5. The molecule has 0 bridgehead atoms. The SMILES string of the molecule is CC(=O)c1ccc(C2=CCOc3ccc(CCO)cc32)cc1. The van der Waals surface area contributed by atoms with Crippen LogP contribution in [0.5, 0.6) is 5.75 Å². The molecule has 1 heterocycles. The van der Waals surface area contributed by atoms with E-state index in [1.54, 1.807) is 6.92 Å². The van der Waals surface area contributed by atoms with Crippen molar-refractivity contribution in [1.29, 1.82) is 0 Å². The Morgan fingerprint density at radius 3 is 2.64 bits per heavy atom. The minimum atomic E-state index is 0.0677. The zero-order valence-electron chi connectivity index (χ0n) is 12.5. The van der Waals surface area contributed by atoms with Gasteiger partial charge in [0.2, 0.25) is 0 Å². The molecule has 2 aromatic rings. The van der Waals surface area contributed by atoms with E-state index in [0.29, 0.717) is 18.6 Å². The molecule has 1 aliphatic rings. The van der Waals surface area contributed by atoms with E-state index < -0.39 is 0 Å². The van der Waals surface area contributed by atoms with E-state index in [0.717, 1.165) is 28.0 Å². The van der Waals surface area contributed by atoms with Crippen molar-refractivity contribution in [3.8, 4) is 5.75 Å². The van der Waals surface area contributed by atoms with Gasteiger partial charge >= 0.3 is 0 Å². The molecule has 3 nitrogen and oxygen atoms in total.